The van der Waals surface area contributed by atoms with E-state index in [0.29, 0.717) is 16.1 Å². The molecule has 2 N–H and O–H groups in total. The zero-order chi connectivity index (χ0) is 9.14. The average molecular weight is 241 g/mol. The SMILES string of the molecule is N#Cc1ccc(Br)c(C(N)=S)c1. The summed E-state index contributed by atoms with van der Waals surface area (Å²) in [6.07, 6.45) is 0. The molecule has 0 saturated heterocycles. The molecule has 0 aromatic heterocycles. The molecule has 1 aromatic rings. The molecule has 12 heavy (non-hydrogen) atoms. The van der Waals surface area contributed by atoms with Gasteiger partial charge in [0.1, 0.15) is 4.99 Å². The topological polar surface area (TPSA) is 49.8 Å². The number of thiocarbonyl (C=S) groups is 1. The molecule has 0 aliphatic carbocycles. The van der Waals surface area contributed by atoms with Gasteiger partial charge in [0.05, 0.1) is 11.6 Å². The first-order chi connectivity index (χ1) is 5.65. The highest BCUT2D eigenvalue weighted by molar-refractivity contribution is 9.10. The molecule has 0 saturated carbocycles. The third kappa shape index (κ3) is 1.81. The maximum atomic E-state index is 8.59. The normalized spacial score (nSPS) is 9.00. The van der Waals surface area contributed by atoms with Gasteiger partial charge in [0.2, 0.25) is 0 Å². The fourth-order valence-corrected chi connectivity index (χ4v) is 1.54. The molecule has 0 amide bonds. The molecule has 0 bridgehead atoms. The number of nitrogens with zero attached hydrogens (tertiary/aromatic N) is 1. The van der Waals surface area contributed by atoms with Crippen LogP contribution in [0.15, 0.2) is 22.7 Å². The van der Waals surface area contributed by atoms with Crippen molar-refractivity contribution >= 4 is 33.1 Å². The monoisotopic (exact) mass is 240 g/mol. The third-order valence-electron chi connectivity index (χ3n) is 1.36. The summed E-state index contributed by atoms with van der Waals surface area (Å²) >= 11 is 8.08. The number of hydrogen-bond acceptors (Lipinski definition) is 2. The van der Waals surface area contributed by atoms with Gasteiger partial charge in [0.15, 0.2) is 0 Å². The molecular weight excluding hydrogens is 236 g/mol. The van der Waals surface area contributed by atoms with Gasteiger partial charge in [0.25, 0.3) is 0 Å². The van der Waals surface area contributed by atoms with Crippen LogP contribution < -0.4 is 5.73 Å². The van der Waals surface area contributed by atoms with E-state index in [9.17, 15) is 0 Å². The Kier molecular flexibility index (Phi) is 2.79. The molecule has 0 radical (unpaired) electrons. The summed E-state index contributed by atoms with van der Waals surface area (Å²) in [4.78, 5) is 0.291. The minimum atomic E-state index is 0.291. The van der Waals surface area contributed by atoms with Crippen LogP contribution in [0.5, 0.6) is 0 Å². The van der Waals surface area contributed by atoms with Crippen LogP contribution in [0.4, 0.5) is 0 Å². The first kappa shape index (κ1) is 9.17. The zero-order valence-corrected chi connectivity index (χ0v) is 8.45. The van der Waals surface area contributed by atoms with Crippen molar-refractivity contribution in [2.75, 3.05) is 0 Å². The van der Waals surface area contributed by atoms with Gasteiger partial charge in [-0.15, -0.1) is 0 Å². The number of nitriles is 1. The zero-order valence-electron chi connectivity index (χ0n) is 6.04. The van der Waals surface area contributed by atoms with Gasteiger partial charge < -0.3 is 5.73 Å². The smallest absolute Gasteiger partial charge is 0.105 e. The second-order valence-corrected chi connectivity index (χ2v) is 3.46. The van der Waals surface area contributed by atoms with Gasteiger partial charge in [-0.2, -0.15) is 5.26 Å². The molecule has 60 valence electrons. The molecule has 0 heterocycles. The van der Waals surface area contributed by atoms with Crippen LogP contribution in [0.25, 0.3) is 0 Å². The molecule has 0 fully saturated rings. The predicted octanol–water partition coefficient (Wildman–Crippen LogP) is 1.95. The van der Waals surface area contributed by atoms with E-state index in [0.717, 1.165) is 4.47 Å². The van der Waals surface area contributed by atoms with Gasteiger partial charge in [-0.25, -0.2) is 0 Å². The molecule has 4 heteroatoms. The molecule has 0 spiro atoms. The summed E-state index contributed by atoms with van der Waals surface area (Å²) in [5.41, 5.74) is 6.68. The van der Waals surface area contributed by atoms with Crippen LogP contribution in [0, 0.1) is 11.3 Å². The van der Waals surface area contributed by atoms with Crippen molar-refractivity contribution in [3.8, 4) is 6.07 Å². The highest BCUT2D eigenvalue weighted by Crippen LogP contribution is 2.17. The second-order valence-electron chi connectivity index (χ2n) is 2.17. The van der Waals surface area contributed by atoms with Crippen molar-refractivity contribution < 1.29 is 0 Å². The predicted molar refractivity (Wildman–Crippen MR) is 54.7 cm³/mol. The maximum Gasteiger partial charge on any atom is 0.105 e. The van der Waals surface area contributed by atoms with E-state index >= 15 is 0 Å². The Morgan fingerprint density at radius 1 is 1.58 bits per heavy atom. The van der Waals surface area contributed by atoms with E-state index < -0.39 is 0 Å². The number of benzene rings is 1. The lowest BCUT2D eigenvalue weighted by Gasteiger charge is -2.00. The lowest BCUT2D eigenvalue weighted by Crippen LogP contribution is -2.10. The Balaban J connectivity index is 3.28. The van der Waals surface area contributed by atoms with Crippen molar-refractivity contribution in [2.24, 2.45) is 5.73 Å². The highest BCUT2D eigenvalue weighted by Gasteiger charge is 2.03. The minimum absolute atomic E-state index is 0.291. The van der Waals surface area contributed by atoms with Crippen LogP contribution in [0.3, 0.4) is 0 Å². The van der Waals surface area contributed by atoms with Crippen LogP contribution in [0.2, 0.25) is 0 Å². The first-order valence-electron chi connectivity index (χ1n) is 3.14. The minimum Gasteiger partial charge on any atom is -0.389 e. The number of hydrogen-bond donors (Lipinski definition) is 1. The fourth-order valence-electron chi connectivity index (χ4n) is 0.784. The van der Waals surface area contributed by atoms with Crippen molar-refractivity contribution in [3.05, 3.63) is 33.8 Å². The van der Waals surface area contributed by atoms with E-state index in [1.165, 1.54) is 0 Å². The summed E-state index contributed by atoms with van der Waals surface area (Å²) in [5.74, 6) is 0. The Morgan fingerprint density at radius 3 is 2.75 bits per heavy atom. The molecule has 0 unspecified atom stereocenters. The summed E-state index contributed by atoms with van der Waals surface area (Å²) in [5, 5.41) is 8.59. The maximum absolute atomic E-state index is 8.59. The molecule has 0 atom stereocenters. The van der Waals surface area contributed by atoms with Crippen LogP contribution in [0.1, 0.15) is 11.1 Å². The lowest BCUT2D eigenvalue weighted by atomic mass is 10.1. The van der Waals surface area contributed by atoms with E-state index in [4.69, 9.17) is 23.2 Å². The number of nitrogens with two attached hydrogens (primary N) is 1. The van der Waals surface area contributed by atoms with Crippen molar-refractivity contribution in [1.29, 1.82) is 5.26 Å². The standard InChI is InChI=1S/C8H5BrN2S/c9-7-2-1-5(4-10)3-6(7)8(11)12/h1-3H,(H2,11,12). The van der Waals surface area contributed by atoms with Crippen LogP contribution >= 0.6 is 28.1 Å². The summed E-state index contributed by atoms with van der Waals surface area (Å²) in [6.45, 7) is 0. The van der Waals surface area contributed by atoms with Gasteiger partial charge in [-0.05, 0) is 18.2 Å². The van der Waals surface area contributed by atoms with Crippen molar-refractivity contribution in [2.45, 2.75) is 0 Å². The van der Waals surface area contributed by atoms with Gasteiger partial charge in [0, 0.05) is 10.0 Å². The largest absolute Gasteiger partial charge is 0.389 e. The van der Waals surface area contributed by atoms with E-state index in [1.54, 1.807) is 18.2 Å². The van der Waals surface area contributed by atoms with Crippen LogP contribution in [-0.4, -0.2) is 4.99 Å². The van der Waals surface area contributed by atoms with E-state index in [-0.39, 0.29) is 0 Å². The van der Waals surface area contributed by atoms with Gasteiger partial charge in [-0.3, -0.25) is 0 Å². The fraction of sp³-hybridized carbons (Fsp3) is 0. The first-order valence-corrected chi connectivity index (χ1v) is 4.34. The van der Waals surface area contributed by atoms with Gasteiger partial charge >= 0.3 is 0 Å². The number of rotatable bonds is 1. The molecule has 2 nitrogen and oxygen atoms in total. The third-order valence-corrected chi connectivity index (χ3v) is 2.27. The molecule has 1 aromatic carbocycles. The lowest BCUT2D eigenvalue weighted by molar-refractivity contribution is 1.46. The Labute approximate surface area is 84.1 Å². The van der Waals surface area contributed by atoms with Crippen molar-refractivity contribution in [1.82, 2.24) is 0 Å². The molecule has 1 rings (SSSR count). The highest BCUT2D eigenvalue weighted by atomic mass is 79.9. The summed E-state index contributed by atoms with van der Waals surface area (Å²) in [6, 6.07) is 7.13. The molecule has 0 aliphatic rings. The van der Waals surface area contributed by atoms with E-state index in [2.05, 4.69) is 15.9 Å². The second kappa shape index (κ2) is 3.65. The summed E-state index contributed by atoms with van der Waals surface area (Å²) < 4.78 is 0.814. The number of halogens is 1. The average Bonchev–Trinajstić information content (AvgIpc) is 2.05. The van der Waals surface area contributed by atoms with Gasteiger partial charge in [-0.1, -0.05) is 28.1 Å². The van der Waals surface area contributed by atoms with Crippen LogP contribution in [-0.2, 0) is 0 Å². The van der Waals surface area contributed by atoms with E-state index in [1.807, 2.05) is 6.07 Å². The Morgan fingerprint density at radius 2 is 2.25 bits per heavy atom. The Bertz CT molecular complexity index is 368. The Hall–Kier alpha value is -0.920. The quantitative estimate of drug-likeness (QED) is 0.764. The molecular formula is C8H5BrN2S. The molecule has 0 aliphatic heterocycles. The van der Waals surface area contributed by atoms with Crippen molar-refractivity contribution in [3.63, 3.8) is 0 Å². The summed E-state index contributed by atoms with van der Waals surface area (Å²) in [7, 11) is 0.